The molecule has 0 aromatic carbocycles. The van der Waals surface area contributed by atoms with Crippen molar-refractivity contribution in [1.82, 2.24) is 15.5 Å². The Bertz CT molecular complexity index is 421. The standard InChI is InChI=1S/C15H25N3O2/c1-12-17-14(18-20-12)5-9-16-13-6-10-19-15(11-13)7-3-2-4-8-15/h13,16H,2-11H2,1H3. The fraction of sp³-hybridized carbons (Fsp3) is 0.867. The maximum Gasteiger partial charge on any atom is 0.223 e. The van der Waals surface area contributed by atoms with Gasteiger partial charge in [-0.25, -0.2) is 0 Å². The molecule has 1 aromatic rings. The highest BCUT2D eigenvalue weighted by molar-refractivity contribution is 4.92. The van der Waals surface area contributed by atoms with Gasteiger partial charge in [0.15, 0.2) is 5.82 Å². The Morgan fingerprint density at radius 2 is 2.15 bits per heavy atom. The quantitative estimate of drug-likeness (QED) is 0.917. The third-order valence-corrected chi connectivity index (χ3v) is 4.61. The van der Waals surface area contributed by atoms with Crippen molar-refractivity contribution in [3.8, 4) is 0 Å². The number of aryl methyl sites for hydroxylation is 1. The van der Waals surface area contributed by atoms with Gasteiger partial charge in [-0.15, -0.1) is 0 Å². The van der Waals surface area contributed by atoms with Crippen LogP contribution in [-0.2, 0) is 11.2 Å². The molecule has 5 nitrogen and oxygen atoms in total. The van der Waals surface area contributed by atoms with Crippen LogP contribution in [0.15, 0.2) is 4.52 Å². The van der Waals surface area contributed by atoms with Crippen LogP contribution in [-0.4, -0.2) is 34.9 Å². The van der Waals surface area contributed by atoms with E-state index in [0.717, 1.165) is 38.2 Å². The van der Waals surface area contributed by atoms with E-state index in [1.807, 2.05) is 6.92 Å². The summed E-state index contributed by atoms with van der Waals surface area (Å²) in [5.41, 5.74) is 0.177. The van der Waals surface area contributed by atoms with E-state index in [-0.39, 0.29) is 5.60 Å². The minimum atomic E-state index is 0.177. The molecule has 1 aromatic heterocycles. The second-order valence-corrected chi connectivity index (χ2v) is 6.22. The molecule has 1 aliphatic heterocycles. The number of ether oxygens (including phenoxy) is 1. The van der Waals surface area contributed by atoms with Crippen LogP contribution in [0.4, 0.5) is 0 Å². The van der Waals surface area contributed by atoms with Crippen LogP contribution in [0.25, 0.3) is 0 Å². The van der Waals surface area contributed by atoms with Gasteiger partial charge in [0, 0.05) is 32.5 Å². The average molecular weight is 279 g/mol. The van der Waals surface area contributed by atoms with Crippen LogP contribution in [0.1, 0.15) is 56.7 Å². The molecule has 0 amide bonds. The Labute approximate surface area is 120 Å². The summed E-state index contributed by atoms with van der Waals surface area (Å²) in [5.74, 6) is 1.45. The molecule has 112 valence electrons. The van der Waals surface area contributed by atoms with Gasteiger partial charge >= 0.3 is 0 Å². The van der Waals surface area contributed by atoms with Gasteiger partial charge in [0.2, 0.25) is 5.89 Å². The van der Waals surface area contributed by atoms with Gasteiger partial charge in [-0.3, -0.25) is 0 Å². The summed E-state index contributed by atoms with van der Waals surface area (Å²) in [6.45, 7) is 3.65. The third kappa shape index (κ3) is 3.38. The van der Waals surface area contributed by atoms with Gasteiger partial charge in [0.1, 0.15) is 0 Å². The molecule has 1 unspecified atom stereocenters. The zero-order valence-corrected chi connectivity index (χ0v) is 12.4. The Morgan fingerprint density at radius 3 is 2.90 bits per heavy atom. The first-order chi connectivity index (χ1) is 9.76. The summed E-state index contributed by atoms with van der Waals surface area (Å²) in [6.07, 6.45) is 9.64. The molecule has 2 fully saturated rings. The molecular weight excluding hydrogens is 254 g/mol. The summed E-state index contributed by atoms with van der Waals surface area (Å²) in [6, 6.07) is 0.579. The number of nitrogens with one attached hydrogen (secondary N) is 1. The average Bonchev–Trinajstić information content (AvgIpc) is 2.86. The lowest BCUT2D eigenvalue weighted by atomic mass is 9.78. The molecule has 1 aliphatic carbocycles. The summed E-state index contributed by atoms with van der Waals surface area (Å²) in [5, 5.41) is 7.58. The minimum absolute atomic E-state index is 0.177. The van der Waals surface area contributed by atoms with Crippen molar-refractivity contribution in [2.75, 3.05) is 13.2 Å². The molecule has 3 rings (SSSR count). The van der Waals surface area contributed by atoms with Crippen molar-refractivity contribution in [2.45, 2.75) is 69.9 Å². The summed E-state index contributed by atoms with van der Waals surface area (Å²) in [7, 11) is 0. The highest BCUT2D eigenvalue weighted by atomic mass is 16.5. The van der Waals surface area contributed by atoms with E-state index in [1.165, 1.54) is 32.1 Å². The van der Waals surface area contributed by atoms with Crippen LogP contribution in [0.2, 0.25) is 0 Å². The molecule has 1 saturated heterocycles. The molecule has 1 N–H and O–H groups in total. The Hall–Kier alpha value is -0.940. The molecule has 2 heterocycles. The SMILES string of the molecule is Cc1nc(CCNC2CCOC3(CCCCC3)C2)no1. The van der Waals surface area contributed by atoms with E-state index in [0.29, 0.717) is 11.9 Å². The molecule has 0 radical (unpaired) electrons. The van der Waals surface area contributed by atoms with Gasteiger partial charge in [0.05, 0.1) is 5.60 Å². The zero-order valence-electron chi connectivity index (χ0n) is 12.4. The largest absolute Gasteiger partial charge is 0.375 e. The van der Waals surface area contributed by atoms with Crippen molar-refractivity contribution in [3.05, 3.63) is 11.7 Å². The number of rotatable bonds is 4. The molecule has 1 saturated carbocycles. The lowest BCUT2D eigenvalue weighted by Gasteiger charge is -2.43. The smallest absolute Gasteiger partial charge is 0.223 e. The van der Waals surface area contributed by atoms with Gasteiger partial charge in [-0.1, -0.05) is 24.4 Å². The topological polar surface area (TPSA) is 60.2 Å². The predicted octanol–water partition coefficient (Wildman–Crippen LogP) is 2.39. The van der Waals surface area contributed by atoms with Crippen LogP contribution < -0.4 is 5.32 Å². The van der Waals surface area contributed by atoms with E-state index in [2.05, 4.69) is 15.5 Å². The monoisotopic (exact) mass is 279 g/mol. The first-order valence-electron chi connectivity index (χ1n) is 7.92. The number of hydrogen-bond acceptors (Lipinski definition) is 5. The van der Waals surface area contributed by atoms with Crippen molar-refractivity contribution < 1.29 is 9.26 Å². The highest BCUT2D eigenvalue weighted by Crippen LogP contribution is 2.38. The van der Waals surface area contributed by atoms with Gasteiger partial charge in [0.25, 0.3) is 0 Å². The number of nitrogens with zero attached hydrogens (tertiary/aromatic N) is 2. The van der Waals surface area contributed by atoms with E-state index >= 15 is 0 Å². The normalized spacial score (nSPS) is 25.9. The molecular formula is C15H25N3O2. The van der Waals surface area contributed by atoms with E-state index in [9.17, 15) is 0 Å². The number of hydrogen-bond donors (Lipinski definition) is 1. The Kier molecular flexibility index (Phi) is 4.36. The Morgan fingerprint density at radius 1 is 1.30 bits per heavy atom. The zero-order chi connectivity index (χ0) is 13.8. The summed E-state index contributed by atoms with van der Waals surface area (Å²) in [4.78, 5) is 4.23. The van der Waals surface area contributed by atoms with E-state index in [4.69, 9.17) is 9.26 Å². The predicted molar refractivity (Wildman–Crippen MR) is 75.5 cm³/mol. The van der Waals surface area contributed by atoms with Crippen molar-refractivity contribution in [3.63, 3.8) is 0 Å². The van der Waals surface area contributed by atoms with Gasteiger partial charge in [-0.05, 0) is 25.7 Å². The second-order valence-electron chi connectivity index (χ2n) is 6.22. The fourth-order valence-corrected chi connectivity index (χ4v) is 3.58. The molecule has 1 spiro atoms. The first kappa shape index (κ1) is 14.0. The molecule has 5 heteroatoms. The van der Waals surface area contributed by atoms with Crippen molar-refractivity contribution >= 4 is 0 Å². The molecule has 1 atom stereocenters. The first-order valence-corrected chi connectivity index (χ1v) is 7.92. The number of aromatic nitrogens is 2. The minimum Gasteiger partial charge on any atom is -0.375 e. The lowest BCUT2D eigenvalue weighted by Crippen LogP contribution is -2.48. The second kappa shape index (κ2) is 6.22. The molecule has 20 heavy (non-hydrogen) atoms. The van der Waals surface area contributed by atoms with Crippen LogP contribution in [0.3, 0.4) is 0 Å². The summed E-state index contributed by atoms with van der Waals surface area (Å²) < 4.78 is 11.1. The molecule has 0 bridgehead atoms. The van der Waals surface area contributed by atoms with E-state index in [1.54, 1.807) is 0 Å². The lowest BCUT2D eigenvalue weighted by molar-refractivity contribution is -0.109. The van der Waals surface area contributed by atoms with Crippen molar-refractivity contribution in [2.24, 2.45) is 0 Å². The summed E-state index contributed by atoms with van der Waals surface area (Å²) >= 11 is 0. The van der Waals surface area contributed by atoms with Crippen molar-refractivity contribution in [1.29, 1.82) is 0 Å². The van der Waals surface area contributed by atoms with Crippen LogP contribution >= 0.6 is 0 Å². The molecule has 2 aliphatic rings. The Balaban J connectivity index is 1.45. The van der Waals surface area contributed by atoms with E-state index < -0.39 is 0 Å². The van der Waals surface area contributed by atoms with Crippen LogP contribution in [0.5, 0.6) is 0 Å². The van der Waals surface area contributed by atoms with Gasteiger partial charge in [-0.2, -0.15) is 4.98 Å². The van der Waals surface area contributed by atoms with Crippen LogP contribution in [0, 0.1) is 6.92 Å². The maximum absolute atomic E-state index is 6.12. The third-order valence-electron chi connectivity index (χ3n) is 4.61. The maximum atomic E-state index is 6.12. The van der Waals surface area contributed by atoms with Gasteiger partial charge < -0.3 is 14.6 Å². The highest BCUT2D eigenvalue weighted by Gasteiger charge is 2.38. The fourth-order valence-electron chi connectivity index (χ4n) is 3.58.